The van der Waals surface area contributed by atoms with Crippen LogP contribution in [-0.2, 0) is 24.0 Å². The van der Waals surface area contributed by atoms with Gasteiger partial charge in [-0.2, -0.15) is 0 Å². The third kappa shape index (κ3) is 7.21. The molecule has 34 heavy (non-hydrogen) atoms. The number of ether oxygens (including phenoxy) is 2. The lowest BCUT2D eigenvalue weighted by molar-refractivity contribution is 0.202. The Morgan fingerprint density at radius 2 is 1.35 bits per heavy atom. The van der Waals surface area contributed by atoms with E-state index in [4.69, 9.17) is 9.47 Å². The number of benzene rings is 3. The molecular formula is C32H42O2. The summed E-state index contributed by atoms with van der Waals surface area (Å²) in [5.74, 6) is 0.980. The molecule has 3 rings (SSSR count). The molecule has 0 saturated heterocycles. The smallest absolute Gasteiger partial charge is 0.127 e. The van der Waals surface area contributed by atoms with Crippen LogP contribution in [0.2, 0.25) is 0 Å². The Hall–Kier alpha value is -2.58. The summed E-state index contributed by atoms with van der Waals surface area (Å²) in [4.78, 5) is 0. The zero-order chi connectivity index (χ0) is 24.2. The predicted octanol–water partition coefficient (Wildman–Crippen LogP) is 8.68. The first-order valence-electron chi connectivity index (χ1n) is 13.2. The van der Waals surface area contributed by atoms with Crippen molar-refractivity contribution in [3.05, 3.63) is 77.4 Å². The minimum absolute atomic E-state index is 0.726. The van der Waals surface area contributed by atoms with Gasteiger partial charge >= 0.3 is 0 Å². The molecule has 3 aromatic carbocycles. The second-order valence-electron chi connectivity index (χ2n) is 9.15. The zero-order valence-electron chi connectivity index (χ0n) is 21.7. The first kappa shape index (κ1) is 26.0. The van der Waals surface area contributed by atoms with Gasteiger partial charge in [-0.15, -0.1) is 0 Å². The van der Waals surface area contributed by atoms with Crippen LogP contribution < -0.4 is 4.74 Å². The fourth-order valence-corrected chi connectivity index (χ4v) is 4.39. The summed E-state index contributed by atoms with van der Waals surface area (Å²) in [5.41, 5.74) is 9.11. The van der Waals surface area contributed by atoms with Gasteiger partial charge in [-0.1, -0.05) is 88.6 Å². The molecular weight excluding hydrogens is 416 g/mol. The molecule has 0 bridgehead atoms. The van der Waals surface area contributed by atoms with Gasteiger partial charge in [0.1, 0.15) is 5.75 Å². The van der Waals surface area contributed by atoms with Crippen LogP contribution in [0.5, 0.6) is 5.75 Å². The molecule has 0 aliphatic rings. The van der Waals surface area contributed by atoms with Crippen LogP contribution in [0.4, 0.5) is 0 Å². The van der Waals surface area contributed by atoms with Gasteiger partial charge in [-0.25, -0.2) is 0 Å². The molecule has 2 nitrogen and oxygen atoms in total. The van der Waals surface area contributed by atoms with Crippen molar-refractivity contribution in [1.82, 2.24) is 0 Å². The highest BCUT2D eigenvalue weighted by Gasteiger charge is 2.13. The van der Waals surface area contributed by atoms with Crippen molar-refractivity contribution < 1.29 is 9.47 Å². The van der Waals surface area contributed by atoms with Gasteiger partial charge in [0, 0.05) is 12.7 Å². The quantitative estimate of drug-likeness (QED) is 0.225. The maximum absolute atomic E-state index is 6.23. The van der Waals surface area contributed by atoms with Crippen molar-refractivity contribution in [3.8, 4) is 28.0 Å². The number of aryl methyl sites for hydroxylation is 2. The van der Waals surface area contributed by atoms with Crippen LogP contribution in [0.1, 0.15) is 69.6 Å². The average Bonchev–Trinajstić information content (AvgIpc) is 2.88. The molecule has 0 radical (unpaired) electrons. The molecule has 0 unspecified atom stereocenters. The molecule has 3 aromatic rings. The van der Waals surface area contributed by atoms with Gasteiger partial charge in [0.15, 0.2) is 0 Å². The Kier molecular flexibility index (Phi) is 10.7. The lowest BCUT2D eigenvalue weighted by Crippen LogP contribution is -2.01. The van der Waals surface area contributed by atoms with E-state index in [1.165, 1.54) is 64.6 Å². The second-order valence-corrected chi connectivity index (χ2v) is 9.15. The average molecular weight is 459 g/mol. The normalized spacial score (nSPS) is 11.1. The standard InChI is InChI=1S/C32H42O2/c1-5-8-10-11-25-12-15-28(16-13-25)29-17-18-30(27(7-3)24-29)31-23-26(20-22-33-4)14-19-32(31)34-21-9-6-2/h12-19,23-24H,5-11,20-22H2,1-4H3. The summed E-state index contributed by atoms with van der Waals surface area (Å²) >= 11 is 0. The topological polar surface area (TPSA) is 18.5 Å². The van der Waals surface area contributed by atoms with E-state index in [0.717, 1.165) is 44.6 Å². The zero-order valence-corrected chi connectivity index (χ0v) is 21.7. The number of rotatable bonds is 14. The molecule has 2 heteroatoms. The van der Waals surface area contributed by atoms with Crippen molar-refractivity contribution in [2.45, 2.75) is 72.1 Å². The maximum atomic E-state index is 6.23. The van der Waals surface area contributed by atoms with Crippen molar-refractivity contribution in [2.24, 2.45) is 0 Å². The second kappa shape index (κ2) is 14.0. The van der Waals surface area contributed by atoms with Crippen LogP contribution >= 0.6 is 0 Å². The van der Waals surface area contributed by atoms with Gasteiger partial charge in [0.2, 0.25) is 0 Å². The molecule has 0 fully saturated rings. The Balaban J connectivity index is 1.90. The highest BCUT2D eigenvalue weighted by Crippen LogP contribution is 2.36. The third-order valence-electron chi connectivity index (χ3n) is 6.53. The monoisotopic (exact) mass is 458 g/mol. The number of hydrogen-bond donors (Lipinski definition) is 0. The SMILES string of the molecule is CCCCCc1ccc(-c2ccc(-c3cc(CCOC)ccc3OCCCC)c(CC)c2)cc1. The van der Waals surface area contributed by atoms with Crippen LogP contribution in [0, 0.1) is 0 Å². The minimum atomic E-state index is 0.726. The number of hydrogen-bond acceptors (Lipinski definition) is 2. The summed E-state index contributed by atoms with van der Waals surface area (Å²) < 4.78 is 11.5. The van der Waals surface area contributed by atoms with E-state index in [9.17, 15) is 0 Å². The highest BCUT2D eigenvalue weighted by molar-refractivity contribution is 5.78. The molecule has 0 aromatic heterocycles. The Labute approximate surface area is 207 Å². The van der Waals surface area contributed by atoms with Crippen molar-refractivity contribution in [3.63, 3.8) is 0 Å². The van der Waals surface area contributed by atoms with Crippen LogP contribution in [0.15, 0.2) is 60.7 Å². The van der Waals surface area contributed by atoms with Gasteiger partial charge < -0.3 is 9.47 Å². The van der Waals surface area contributed by atoms with E-state index in [0.29, 0.717) is 0 Å². The molecule has 0 aliphatic heterocycles. The van der Waals surface area contributed by atoms with E-state index in [-0.39, 0.29) is 0 Å². The lowest BCUT2D eigenvalue weighted by atomic mass is 9.91. The first-order chi connectivity index (χ1) is 16.7. The molecule has 0 aliphatic carbocycles. The van der Waals surface area contributed by atoms with E-state index in [1.807, 2.05) is 0 Å². The Morgan fingerprint density at radius 3 is 2.06 bits per heavy atom. The van der Waals surface area contributed by atoms with Crippen LogP contribution in [0.25, 0.3) is 22.3 Å². The molecule has 0 N–H and O–H groups in total. The third-order valence-corrected chi connectivity index (χ3v) is 6.53. The molecule has 0 heterocycles. The van der Waals surface area contributed by atoms with Gasteiger partial charge in [-0.05, 0) is 77.6 Å². The summed E-state index contributed by atoms with van der Waals surface area (Å²) in [6, 6.07) is 22.7. The Morgan fingerprint density at radius 1 is 0.618 bits per heavy atom. The van der Waals surface area contributed by atoms with Gasteiger partial charge in [-0.3, -0.25) is 0 Å². The van der Waals surface area contributed by atoms with Crippen LogP contribution in [0.3, 0.4) is 0 Å². The van der Waals surface area contributed by atoms with Crippen molar-refractivity contribution in [1.29, 1.82) is 0 Å². The number of unbranched alkanes of at least 4 members (excludes halogenated alkanes) is 3. The summed E-state index contributed by atoms with van der Waals surface area (Å²) in [7, 11) is 1.76. The van der Waals surface area contributed by atoms with Crippen molar-refractivity contribution >= 4 is 0 Å². The highest BCUT2D eigenvalue weighted by atomic mass is 16.5. The molecule has 0 amide bonds. The molecule has 0 saturated carbocycles. The summed E-state index contributed by atoms with van der Waals surface area (Å²) in [5, 5.41) is 0. The van der Waals surface area contributed by atoms with Gasteiger partial charge in [0.05, 0.1) is 13.2 Å². The van der Waals surface area contributed by atoms with Crippen LogP contribution in [-0.4, -0.2) is 20.3 Å². The largest absolute Gasteiger partial charge is 0.493 e. The minimum Gasteiger partial charge on any atom is -0.493 e. The predicted molar refractivity (Wildman–Crippen MR) is 146 cm³/mol. The van der Waals surface area contributed by atoms with E-state index < -0.39 is 0 Å². The van der Waals surface area contributed by atoms with Crippen molar-refractivity contribution in [2.75, 3.05) is 20.3 Å². The molecule has 0 atom stereocenters. The van der Waals surface area contributed by atoms with E-state index in [1.54, 1.807) is 7.11 Å². The fraction of sp³-hybridized carbons (Fsp3) is 0.438. The van der Waals surface area contributed by atoms with Gasteiger partial charge in [0.25, 0.3) is 0 Å². The number of methoxy groups -OCH3 is 1. The fourth-order valence-electron chi connectivity index (χ4n) is 4.39. The molecule has 182 valence electrons. The molecule has 0 spiro atoms. The summed E-state index contributed by atoms with van der Waals surface area (Å²) in [6.45, 7) is 8.18. The Bertz CT molecular complexity index is 1000. The lowest BCUT2D eigenvalue weighted by Gasteiger charge is -2.17. The van der Waals surface area contributed by atoms with E-state index in [2.05, 4.69) is 81.4 Å². The van der Waals surface area contributed by atoms with E-state index >= 15 is 0 Å². The summed E-state index contributed by atoms with van der Waals surface area (Å²) in [6.07, 6.45) is 9.11. The first-order valence-corrected chi connectivity index (χ1v) is 13.2. The maximum Gasteiger partial charge on any atom is 0.127 e.